The van der Waals surface area contributed by atoms with Crippen LogP contribution in [0.5, 0.6) is 5.75 Å². The Balaban J connectivity index is 1.55. The van der Waals surface area contributed by atoms with Crippen molar-refractivity contribution < 1.29 is 22.7 Å². The molecule has 0 fully saturated rings. The highest BCUT2D eigenvalue weighted by Gasteiger charge is 2.37. The van der Waals surface area contributed by atoms with Gasteiger partial charge in [0, 0.05) is 22.7 Å². The summed E-state index contributed by atoms with van der Waals surface area (Å²) in [4.78, 5) is 13.5. The number of halogens is 4. The molecule has 174 valence electrons. The summed E-state index contributed by atoms with van der Waals surface area (Å²) in [6, 6.07) is 20.2. The predicted octanol–water partition coefficient (Wildman–Crippen LogP) is 7.22. The zero-order chi connectivity index (χ0) is 23.9. The van der Waals surface area contributed by atoms with Gasteiger partial charge < -0.3 is 15.4 Å². The van der Waals surface area contributed by atoms with Gasteiger partial charge in [-0.1, -0.05) is 54.1 Å². The average molecular weight is 485 g/mol. The van der Waals surface area contributed by atoms with Gasteiger partial charge in [0.1, 0.15) is 5.75 Å². The number of hydrogen-bond donors (Lipinski definition) is 2. The smallest absolute Gasteiger partial charge is 0.406 e. The van der Waals surface area contributed by atoms with Gasteiger partial charge in [0.2, 0.25) is 0 Å². The van der Waals surface area contributed by atoms with E-state index in [1.54, 1.807) is 12.1 Å². The van der Waals surface area contributed by atoms with E-state index >= 15 is 0 Å². The van der Waals surface area contributed by atoms with E-state index in [0.29, 0.717) is 22.6 Å². The third-order valence-electron chi connectivity index (χ3n) is 6.10. The van der Waals surface area contributed by atoms with Crippen LogP contribution in [0.2, 0.25) is 5.02 Å². The molecule has 2 N–H and O–H groups in total. The number of rotatable bonds is 3. The normalized spacial score (nSPS) is 19.9. The van der Waals surface area contributed by atoms with Crippen LogP contribution in [0.15, 0.2) is 84.1 Å². The SMILES string of the molecule is O=C1C[C@@H](c2ccccc2Cl)CC2=C1[C@@H](c1ccc(OC(F)(F)F)cc1)Nc1ccccc1N2. The minimum Gasteiger partial charge on any atom is -0.406 e. The monoisotopic (exact) mass is 484 g/mol. The highest BCUT2D eigenvalue weighted by atomic mass is 35.5. The van der Waals surface area contributed by atoms with E-state index in [9.17, 15) is 18.0 Å². The molecule has 4 nitrogen and oxygen atoms in total. The molecule has 0 radical (unpaired) electrons. The van der Waals surface area contributed by atoms with Gasteiger partial charge in [-0.25, -0.2) is 0 Å². The lowest BCUT2D eigenvalue weighted by Crippen LogP contribution is -2.27. The van der Waals surface area contributed by atoms with E-state index in [0.717, 1.165) is 22.6 Å². The number of hydrogen-bond acceptors (Lipinski definition) is 4. The number of allylic oxidation sites excluding steroid dienone is 1. The van der Waals surface area contributed by atoms with Gasteiger partial charge in [0.05, 0.1) is 17.4 Å². The fraction of sp³-hybridized carbons (Fsp3) is 0.192. The Morgan fingerprint density at radius 1 is 0.882 bits per heavy atom. The second-order valence-electron chi connectivity index (χ2n) is 8.31. The molecule has 2 atom stereocenters. The molecular weight excluding hydrogens is 465 g/mol. The highest BCUT2D eigenvalue weighted by Crippen LogP contribution is 2.45. The van der Waals surface area contributed by atoms with Gasteiger partial charge in [0.15, 0.2) is 5.78 Å². The third-order valence-corrected chi connectivity index (χ3v) is 6.45. The highest BCUT2D eigenvalue weighted by molar-refractivity contribution is 6.31. The summed E-state index contributed by atoms with van der Waals surface area (Å²) in [5.74, 6) is -0.438. The molecule has 3 aromatic carbocycles. The fourth-order valence-electron chi connectivity index (χ4n) is 4.63. The lowest BCUT2D eigenvalue weighted by Gasteiger charge is -2.30. The van der Waals surface area contributed by atoms with E-state index < -0.39 is 12.4 Å². The topological polar surface area (TPSA) is 50.4 Å². The number of ketones is 1. The number of nitrogens with one attached hydrogen (secondary N) is 2. The first-order chi connectivity index (χ1) is 16.3. The van der Waals surface area contributed by atoms with Crippen LogP contribution >= 0.6 is 11.6 Å². The van der Waals surface area contributed by atoms with Gasteiger partial charge in [-0.2, -0.15) is 0 Å². The molecule has 0 saturated carbocycles. The lowest BCUT2D eigenvalue weighted by molar-refractivity contribution is -0.274. The molecule has 0 saturated heterocycles. The number of anilines is 2. The number of alkyl halides is 3. The molecule has 3 aromatic rings. The molecule has 1 heterocycles. The van der Waals surface area contributed by atoms with E-state index in [4.69, 9.17) is 11.6 Å². The summed E-state index contributed by atoms with van der Waals surface area (Å²) >= 11 is 6.43. The molecule has 0 aromatic heterocycles. The van der Waals surface area contributed by atoms with Crippen LogP contribution in [0, 0.1) is 0 Å². The second-order valence-corrected chi connectivity index (χ2v) is 8.71. The molecule has 0 amide bonds. The van der Waals surface area contributed by atoms with E-state index in [2.05, 4.69) is 15.4 Å². The number of carbonyl (C=O) groups excluding carboxylic acids is 1. The minimum atomic E-state index is -4.77. The Labute approximate surface area is 199 Å². The van der Waals surface area contributed by atoms with Crippen molar-refractivity contribution in [2.45, 2.75) is 31.2 Å². The summed E-state index contributed by atoms with van der Waals surface area (Å²) < 4.78 is 41.8. The van der Waals surface area contributed by atoms with Crippen LogP contribution in [0.1, 0.15) is 35.9 Å². The van der Waals surface area contributed by atoms with Crippen molar-refractivity contribution in [3.05, 3.63) is 100 Å². The van der Waals surface area contributed by atoms with Crippen LogP contribution in [0.3, 0.4) is 0 Å². The van der Waals surface area contributed by atoms with Crippen LogP contribution in [-0.2, 0) is 4.79 Å². The third kappa shape index (κ3) is 4.48. The molecule has 5 rings (SSSR count). The first-order valence-corrected chi connectivity index (χ1v) is 11.2. The van der Waals surface area contributed by atoms with Crippen LogP contribution in [-0.4, -0.2) is 12.1 Å². The standard InChI is InChI=1S/C26H20ClF3N2O2/c27-19-6-2-1-5-18(19)16-13-22-24(23(33)14-16)25(32-21-8-4-3-7-20(21)31-22)15-9-11-17(12-10-15)34-26(28,29)30/h1-12,16,25,31-32H,13-14H2/t16-,25+/m0/s1. The maximum Gasteiger partial charge on any atom is 0.573 e. The molecule has 0 bridgehead atoms. The summed E-state index contributed by atoms with van der Waals surface area (Å²) in [5, 5.41) is 7.46. The van der Waals surface area contributed by atoms with Crippen LogP contribution in [0.25, 0.3) is 0 Å². The average Bonchev–Trinajstić information content (AvgIpc) is 2.96. The Kier molecular flexibility index (Phi) is 5.73. The van der Waals surface area contributed by atoms with Crippen molar-refractivity contribution in [3.8, 4) is 5.75 Å². The van der Waals surface area contributed by atoms with Crippen molar-refractivity contribution in [1.82, 2.24) is 0 Å². The first-order valence-electron chi connectivity index (χ1n) is 10.8. The second kappa shape index (κ2) is 8.72. The van der Waals surface area contributed by atoms with Gasteiger partial charge in [0.25, 0.3) is 0 Å². The van der Waals surface area contributed by atoms with Gasteiger partial charge in [-0.05, 0) is 53.8 Å². The number of para-hydroxylation sites is 2. The lowest BCUT2D eigenvalue weighted by atomic mass is 9.78. The van der Waals surface area contributed by atoms with Crippen molar-refractivity contribution >= 4 is 28.8 Å². The number of carbonyl (C=O) groups is 1. The molecule has 8 heteroatoms. The predicted molar refractivity (Wildman–Crippen MR) is 125 cm³/mol. The summed E-state index contributed by atoms with van der Waals surface area (Å²) in [5.41, 5.74) is 4.54. The van der Waals surface area contributed by atoms with Gasteiger partial charge in [-0.3, -0.25) is 4.79 Å². The van der Waals surface area contributed by atoms with E-state index in [1.165, 1.54) is 12.1 Å². The number of ether oxygens (including phenoxy) is 1. The molecule has 1 aliphatic heterocycles. The fourth-order valence-corrected chi connectivity index (χ4v) is 4.92. The van der Waals surface area contributed by atoms with Crippen molar-refractivity contribution in [2.75, 3.05) is 10.6 Å². The zero-order valence-corrected chi connectivity index (χ0v) is 18.6. The Bertz CT molecular complexity index is 1270. The molecular formula is C26H20ClF3N2O2. The molecule has 0 unspecified atom stereocenters. The quantitative estimate of drug-likeness (QED) is 0.412. The summed E-state index contributed by atoms with van der Waals surface area (Å²) in [7, 11) is 0. The zero-order valence-electron chi connectivity index (χ0n) is 17.8. The first kappa shape index (κ1) is 22.3. The van der Waals surface area contributed by atoms with E-state index in [1.807, 2.05) is 48.5 Å². The summed E-state index contributed by atoms with van der Waals surface area (Å²) in [6.07, 6.45) is -3.91. The Morgan fingerprint density at radius 2 is 1.56 bits per heavy atom. The molecule has 0 spiro atoms. The number of Topliss-reactive ketones (excluding diaryl/α,β-unsaturated/α-hetero) is 1. The number of benzene rings is 3. The van der Waals surface area contributed by atoms with E-state index in [-0.39, 0.29) is 23.9 Å². The molecule has 1 aliphatic carbocycles. The maximum atomic E-state index is 13.5. The largest absolute Gasteiger partial charge is 0.573 e. The Morgan fingerprint density at radius 3 is 2.26 bits per heavy atom. The molecule has 34 heavy (non-hydrogen) atoms. The maximum absolute atomic E-state index is 13.5. The Hall–Kier alpha value is -3.45. The van der Waals surface area contributed by atoms with Gasteiger partial charge >= 0.3 is 6.36 Å². The van der Waals surface area contributed by atoms with Crippen LogP contribution < -0.4 is 15.4 Å². The van der Waals surface area contributed by atoms with Crippen molar-refractivity contribution in [1.29, 1.82) is 0 Å². The summed E-state index contributed by atoms with van der Waals surface area (Å²) in [6.45, 7) is 0. The number of fused-ring (bicyclic) bond motifs is 1. The molecule has 2 aliphatic rings. The van der Waals surface area contributed by atoms with Crippen molar-refractivity contribution in [3.63, 3.8) is 0 Å². The van der Waals surface area contributed by atoms with Gasteiger partial charge in [-0.15, -0.1) is 13.2 Å². The van der Waals surface area contributed by atoms with Crippen molar-refractivity contribution in [2.24, 2.45) is 0 Å². The minimum absolute atomic E-state index is 0.0420. The van der Waals surface area contributed by atoms with Crippen LogP contribution in [0.4, 0.5) is 24.5 Å².